The van der Waals surface area contributed by atoms with Gasteiger partial charge in [-0.05, 0) is 36.6 Å². The molecule has 2 aromatic rings. The van der Waals surface area contributed by atoms with Crippen molar-refractivity contribution in [1.82, 2.24) is 9.47 Å². The van der Waals surface area contributed by atoms with Crippen molar-refractivity contribution in [3.8, 4) is 0 Å². The number of benzene rings is 1. The molecular weight excluding hydrogens is 304 g/mol. The molecule has 1 aromatic heterocycles. The smallest absolute Gasteiger partial charge is 0.321 e. The maximum Gasteiger partial charge on any atom is 0.321 e. The summed E-state index contributed by atoms with van der Waals surface area (Å²) in [5.74, 6) is 0.476. The van der Waals surface area contributed by atoms with Gasteiger partial charge in [0.1, 0.15) is 0 Å². The van der Waals surface area contributed by atoms with Crippen molar-refractivity contribution in [2.24, 2.45) is 5.92 Å². The van der Waals surface area contributed by atoms with E-state index < -0.39 is 0 Å². The van der Waals surface area contributed by atoms with Crippen molar-refractivity contribution in [3.05, 3.63) is 58.5 Å². The van der Waals surface area contributed by atoms with Crippen molar-refractivity contribution in [2.75, 3.05) is 24.1 Å². The lowest BCUT2D eigenvalue weighted by molar-refractivity contribution is 0.139. The summed E-state index contributed by atoms with van der Waals surface area (Å²) in [7, 11) is 0. The van der Waals surface area contributed by atoms with E-state index >= 15 is 0 Å². The number of nitrogens with one attached hydrogen (secondary N) is 1. The zero-order chi connectivity index (χ0) is 16.7. The van der Waals surface area contributed by atoms with Crippen LogP contribution in [0, 0.1) is 5.92 Å². The zero-order valence-corrected chi connectivity index (χ0v) is 13.3. The number of fused-ring (bicyclic) bond motifs is 4. The Kier molecular flexibility index (Phi) is 3.52. The second kappa shape index (κ2) is 5.70. The van der Waals surface area contributed by atoms with Crippen LogP contribution in [-0.2, 0) is 6.54 Å². The predicted molar refractivity (Wildman–Crippen MR) is 93.0 cm³/mol. The number of aromatic nitrogens is 1. The highest BCUT2D eigenvalue weighted by Crippen LogP contribution is 2.35. The molecule has 4 rings (SSSR count). The summed E-state index contributed by atoms with van der Waals surface area (Å²) in [6.45, 7) is 1.92. The summed E-state index contributed by atoms with van der Waals surface area (Å²) < 4.78 is 1.79. The SMILES string of the molecule is Nc1ccc2n(c1=O)CC1CC2CN(C(=O)Nc2ccccc2)C1. The molecule has 2 amide bonds. The van der Waals surface area contributed by atoms with Gasteiger partial charge in [0, 0.05) is 36.9 Å². The summed E-state index contributed by atoms with van der Waals surface area (Å²) in [6.07, 6.45) is 1.01. The Hall–Kier alpha value is -2.76. The Labute approximate surface area is 139 Å². The van der Waals surface area contributed by atoms with Gasteiger partial charge in [-0.2, -0.15) is 0 Å². The zero-order valence-electron chi connectivity index (χ0n) is 13.3. The minimum absolute atomic E-state index is 0.0814. The van der Waals surface area contributed by atoms with Gasteiger partial charge in [0.05, 0.1) is 5.69 Å². The first-order chi connectivity index (χ1) is 11.6. The lowest BCUT2D eigenvalue weighted by Crippen LogP contribution is -2.50. The van der Waals surface area contributed by atoms with Gasteiger partial charge >= 0.3 is 6.03 Å². The van der Waals surface area contributed by atoms with Gasteiger partial charge in [0.15, 0.2) is 0 Å². The van der Waals surface area contributed by atoms with E-state index in [1.807, 2.05) is 41.3 Å². The molecule has 2 unspecified atom stereocenters. The van der Waals surface area contributed by atoms with Gasteiger partial charge in [-0.3, -0.25) is 4.79 Å². The Morgan fingerprint density at radius 3 is 2.67 bits per heavy atom. The Balaban J connectivity index is 1.55. The molecule has 124 valence electrons. The first-order valence-electron chi connectivity index (χ1n) is 8.22. The third-order valence-corrected chi connectivity index (χ3v) is 4.95. The van der Waals surface area contributed by atoms with E-state index in [1.165, 1.54) is 0 Å². The number of urea groups is 1. The average Bonchev–Trinajstić information content (AvgIpc) is 2.59. The maximum atomic E-state index is 12.6. The standard InChI is InChI=1S/C18H20N4O2/c19-15-6-7-16-13-8-12(10-22(16)17(15)23)9-21(11-13)18(24)20-14-4-2-1-3-5-14/h1-7,12-13H,8-11,19H2,(H,20,24). The summed E-state index contributed by atoms with van der Waals surface area (Å²) in [5.41, 5.74) is 7.71. The number of amides is 2. The van der Waals surface area contributed by atoms with Crippen molar-refractivity contribution >= 4 is 17.4 Å². The van der Waals surface area contributed by atoms with Gasteiger partial charge in [-0.25, -0.2) is 4.79 Å². The summed E-state index contributed by atoms with van der Waals surface area (Å²) in [4.78, 5) is 26.7. The van der Waals surface area contributed by atoms with Crippen LogP contribution in [0.4, 0.5) is 16.2 Å². The Bertz CT molecular complexity index is 831. The molecule has 1 fully saturated rings. The number of nitrogens with two attached hydrogens (primary N) is 1. The molecule has 6 heteroatoms. The number of rotatable bonds is 1. The first-order valence-corrected chi connectivity index (χ1v) is 8.22. The molecule has 24 heavy (non-hydrogen) atoms. The number of hydrogen-bond donors (Lipinski definition) is 2. The fourth-order valence-electron chi connectivity index (χ4n) is 3.85. The van der Waals surface area contributed by atoms with Gasteiger partial charge in [0.2, 0.25) is 0 Å². The predicted octanol–water partition coefficient (Wildman–Crippen LogP) is 2.08. The molecule has 0 aliphatic carbocycles. The summed E-state index contributed by atoms with van der Waals surface area (Å²) in [6, 6.07) is 13.0. The number of carbonyl (C=O) groups excluding carboxylic acids is 1. The molecular formula is C18H20N4O2. The molecule has 1 aromatic carbocycles. The second-order valence-corrected chi connectivity index (χ2v) is 6.63. The minimum atomic E-state index is -0.107. The van der Waals surface area contributed by atoms with Crippen molar-refractivity contribution < 1.29 is 4.79 Å². The number of piperidine rings is 1. The van der Waals surface area contributed by atoms with E-state index in [0.717, 1.165) is 17.8 Å². The number of carbonyl (C=O) groups is 1. The van der Waals surface area contributed by atoms with Crippen LogP contribution in [0.5, 0.6) is 0 Å². The number of hydrogen-bond acceptors (Lipinski definition) is 3. The number of pyridine rings is 1. The van der Waals surface area contributed by atoms with Crippen LogP contribution in [0.15, 0.2) is 47.3 Å². The minimum Gasteiger partial charge on any atom is -0.394 e. The molecule has 3 heterocycles. The first kappa shape index (κ1) is 14.8. The molecule has 2 bridgehead atoms. The monoisotopic (exact) mass is 324 g/mol. The van der Waals surface area contributed by atoms with Gasteiger partial charge in [-0.15, -0.1) is 0 Å². The number of nitrogen functional groups attached to an aromatic ring is 1. The lowest BCUT2D eigenvalue weighted by Gasteiger charge is -2.42. The Morgan fingerprint density at radius 1 is 1.08 bits per heavy atom. The molecule has 2 aliphatic rings. The average molecular weight is 324 g/mol. The normalized spacial score (nSPS) is 21.9. The van der Waals surface area contributed by atoms with Crippen molar-refractivity contribution in [2.45, 2.75) is 18.9 Å². The van der Waals surface area contributed by atoms with E-state index in [1.54, 1.807) is 10.6 Å². The van der Waals surface area contributed by atoms with E-state index in [4.69, 9.17) is 5.73 Å². The lowest BCUT2D eigenvalue weighted by atomic mass is 9.83. The molecule has 2 aliphatic heterocycles. The fraction of sp³-hybridized carbons (Fsp3) is 0.333. The van der Waals surface area contributed by atoms with Crippen molar-refractivity contribution in [1.29, 1.82) is 0 Å². The molecule has 0 saturated carbocycles. The third kappa shape index (κ3) is 2.54. The van der Waals surface area contributed by atoms with Crippen LogP contribution in [0.25, 0.3) is 0 Å². The Morgan fingerprint density at radius 2 is 1.88 bits per heavy atom. The molecule has 6 nitrogen and oxygen atoms in total. The van der Waals surface area contributed by atoms with Crippen LogP contribution in [0.3, 0.4) is 0 Å². The maximum absolute atomic E-state index is 12.6. The molecule has 1 saturated heterocycles. The molecule has 2 atom stereocenters. The highest BCUT2D eigenvalue weighted by Gasteiger charge is 2.36. The van der Waals surface area contributed by atoms with Crippen LogP contribution < -0.4 is 16.6 Å². The van der Waals surface area contributed by atoms with Crippen molar-refractivity contribution in [3.63, 3.8) is 0 Å². The topological polar surface area (TPSA) is 80.4 Å². The molecule has 3 N–H and O–H groups in total. The largest absolute Gasteiger partial charge is 0.394 e. The van der Waals surface area contributed by atoms with Crippen LogP contribution >= 0.6 is 0 Å². The second-order valence-electron chi connectivity index (χ2n) is 6.63. The van der Waals surface area contributed by atoms with Gasteiger partial charge in [0.25, 0.3) is 5.56 Å². The highest BCUT2D eigenvalue weighted by atomic mass is 16.2. The molecule has 0 spiro atoms. The number of para-hydroxylation sites is 1. The van der Waals surface area contributed by atoms with Crippen LogP contribution in [0.1, 0.15) is 18.0 Å². The summed E-state index contributed by atoms with van der Waals surface area (Å²) in [5, 5.41) is 2.94. The van der Waals surface area contributed by atoms with E-state index in [9.17, 15) is 9.59 Å². The number of anilines is 2. The van der Waals surface area contributed by atoms with Gasteiger partial charge < -0.3 is 20.5 Å². The van der Waals surface area contributed by atoms with Crippen LogP contribution in [0.2, 0.25) is 0 Å². The number of likely N-dealkylation sites (tertiary alicyclic amines) is 1. The van der Waals surface area contributed by atoms with Crippen LogP contribution in [-0.4, -0.2) is 28.6 Å². The van der Waals surface area contributed by atoms with E-state index in [2.05, 4.69) is 5.32 Å². The molecule has 0 radical (unpaired) electrons. The van der Waals surface area contributed by atoms with E-state index in [-0.39, 0.29) is 29.1 Å². The third-order valence-electron chi connectivity index (χ3n) is 4.95. The quantitative estimate of drug-likeness (QED) is 0.843. The highest BCUT2D eigenvalue weighted by molar-refractivity contribution is 5.89. The fourth-order valence-corrected chi connectivity index (χ4v) is 3.85. The number of nitrogens with zero attached hydrogens (tertiary/aromatic N) is 2. The summed E-state index contributed by atoms with van der Waals surface area (Å²) >= 11 is 0. The van der Waals surface area contributed by atoms with Gasteiger partial charge in [-0.1, -0.05) is 18.2 Å². The van der Waals surface area contributed by atoms with E-state index in [0.29, 0.717) is 19.6 Å².